The average Bonchev–Trinajstić information content (AvgIpc) is 2.20. The van der Waals surface area contributed by atoms with E-state index in [1.807, 2.05) is 20.9 Å². The van der Waals surface area contributed by atoms with E-state index in [1.54, 1.807) is 17.1 Å². The lowest BCUT2D eigenvalue weighted by atomic mass is 10.8. The van der Waals surface area contributed by atoms with Crippen LogP contribution in [0.5, 0.6) is 0 Å². The number of imidazole rings is 1. The SMILES string of the molecule is CC.Cn1cnc(N)c1. The Morgan fingerprint density at radius 2 is 2.11 bits per heavy atom. The smallest absolute Gasteiger partial charge is 0.141 e. The number of nitrogens with zero attached hydrogens (tertiary/aromatic N) is 2. The molecule has 0 atom stereocenters. The van der Waals surface area contributed by atoms with Crippen LogP contribution in [0, 0.1) is 0 Å². The summed E-state index contributed by atoms with van der Waals surface area (Å²) in [5.41, 5.74) is 5.25. The van der Waals surface area contributed by atoms with Crippen molar-refractivity contribution in [2.45, 2.75) is 13.8 Å². The maximum Gasteiger partial charge on any atom is 0.141 e. The normalized spacial score (nSPS) is 7.89. The van der Waals surface area contributed by atoms with Crippen LogP contribution in [0.2, 0.25) is 0 Å². The summed E-state index contributed by atoms with van der Waals surface area (Å²) in [7, 11) is 1.88. The van der Waals surface area contributed by atoms with Crippen LogP contribution in [-0.4, -0.2) is 9.55 Å². The third kappa shape index (κ3) is 2.74. The summed E-state index contributed by atoms with van der Waals surface area (Å²) in [4.78, 5) is 3.76. The largest absolute Gasteiger partial charge is 0.382 e. The van der Waals surface area contributed by atoms with Crippen molar-refractivity contribution in [1.82, 2.24) is 9.55 Å². The molecule has 1 heterocycles. The van der Waals surface area contributed by atoms with Gasteiger partial charge >= 0.3 is 0 Å². The molecule has 0 aliphatic carbocycles. The fourth-order valence-electron chi connectivity index (χ4n) is 0.433. The minimum atomic E-state index is 0.572. The van der Waals surface area contributed by atoms with Gasteiger partial charge in [0.2, 0.25) is 0 Å². The number of nitrogens with two attached hydrogens (primary N) is 1. The van der Waals surface area contributed by atoms with E-state index in [2.05, 4.69) is 4.98 Å². The van der Waals surface area contributed by atoms with Gasteiger partial charge < -0.3 is 10.3 Å². The van der Waals surface area contributed by atoms with Gasteiger partial charge in [0.1, 0.15) is 5.82 Å². The van der Waals surface area contributed by atoms with Crippen LogP contribution < -0.4 is 5.73 Å². The van der Waals surface area contributed by atoms with Crippen molar-refractivity contribution in [2.75, 3.05) is 5.73 Å². The van der Waals surface area contributed by atoms with Crippen LogP contribution in [0.15, 0.2) is 12.5 Å². The molecule has 0 saturated carbocycles. The summed E-state index contributed by atoms with van der Waals surface area (Å²) < 4.78 is 1.80. The molecule has 0 spiro atoms. The van der Waals surface area contributed by atoms with E-state index in [9.17, 15) is 0 Å². The van der Waals surface area contributed by atoms with Crippen molar-refractivity contribution in [3.05, 3.63) is 12.5 Å². The zero-order valence-corrected chi connectivity index (χ0v) is 6.13. The molecule has 0 unspecified atom stereocenters. The summed E-state index contributed by atoms with van der Waals surface area (Å²) in [5, 5.41) is 0. The Balaban J connectivity index is 0.000000291. The second-order valence-corrected chi connectivity index (χ2v) is 1.46. The molecular weight excluding hydrogens is 114 g/mol. The van der Waals surface area contributed by atoms with E-state index in [-0.39, 0.29) is 0 Å². The predicted octanol–water partition coefficient (Wildman–Crippen LogP) is 1.03. The molecule has 0 amide bonds. The van der Waals surface area contributed by atoms with E-state index < -0.39 is 0 Å². The van der Waals surface area contributed by atoms with E-state index in [1.165, 1.54) is 0 Å². The first-order chi connectivity index (χ1) is 4.29. The van der Waals surface area contributed by atoms with Crippen LogP contribution in [-0.2, 0) is 7.05 Å². The monoisotopic (exact) mass is 127 g/mol. The Bertz CT molecular complexity index is 141. The van der Waals surface area contributed by atoms with Gasteiger partial charge in [0, 0.05) is 13.2 Å². The van der Waals surface area contributed by atoms with Gasteiger partial charge in [-0.2, -0.15) is 0 Å². The van der Waals surface area contributed by atoms with Crippen molar-refractivity contribution < 1.29 is 0 Å². The molecule has 1 aromatic rings. The highest BCUT2D eigenvalue weighted by Gasteiger charge is 1.82. The first kappa shape index (κ1) is 8.01. The minimum absolute atomic E-state index is 0.572. The second-order valence-electron chi connectivity index (χ2n) is 1.46. The van der Waals surface area contributed by atoms with Crippen molar-refractivity contribution in [3.8, 4) is 0 Å². The Morgan fingerprint density at radius 1 is 1.56 bits per heavy atom. The maximum absolute atomic E-state index is 5.25. The van der Waals surface area contributed by atoms with Gasteiger partial charge in [0.15, 0.2) is 0 Å². The molecule has 3 nitrogen and oxygen atoms in total. The quantitative estimate of drug-likeness (QED) is 0.565. The van der Waals surface area contributed by atoms with Gasteiger partial charge in [-0.15, -0.1) is 0 Å². The summed E-state index contributed by atoms with van der Waals surface area (Å²) in [6, 6.07) is 0. The van der Waals surface area contributed by atoms with Gasteiger partial charge in [0.25, 0.3) is 0 Å². The lowest BCUT2D eigenvalue weighted by Crippen LogP contribution is -1.81. The summed E-state index contributed by atoms with van der Waals surface area (Å²) in [6.07, 6.45) is 3.41. The third-order valence-electron chi connectivity index (χ3n) is 0.725. The number of nitrogen functional groups attached to an aromatic ring is 1. The molecule has 1 aromatic heterocycles. The number of rotatable bonds is 0. The summed E-state index contributed by atoms with van der Waals surface area (Å²) >= 11 is 0. The molecule has 0 radical (unpaired) electrons. The number of anilines is 1. The molecule has 1 rings (SSSR count). The standard InChI is InChI=1S/C4H7N3.C2H6/c1-7-2-4(5)6-3-7;1-2/h2-3H,5H2,1H3;1-2H3. The average molecular weight is 127 g/mol. The number of hydrogen-bond donors (Lipinski definition) is 1. The van der Waals surface area contributed by atoms with Crippen molar-refractivity contribution >= 4 is 5.82 Å². The van der Waals surface area contributed by atoms with Crippen molar-refractivity contribution in [3.63, 3.8) is 0 Å². The second kappa shape index (κ2) is 3.95. The number of aromatic nitrogens is 2. The molecule has 0 saturated heterocycles. The van der Waals surface area contributed by atoms with E-state index in [4.69, 9.17) is 5.73 Å². The van der Waals surface area contributed by atoms with Crippen LogP contribution in [0.4, 0.5) is 5.82 Å². The van der Waals surface area contributed by atoms with Gasteiger partial charge in [-0.05, 0) is 0 Å². The zero-order valence-electron chi connectivity index (χ0n) is 6.13. The maximum atomic E-state index is 5.25. The molecule has 0 fully saturated rings. The highest BCUT2D eigenvalue weighted by atomic mass is 15.0. The molecular formula is C6H13N3. The van der Waals surface area contributed by atoms with Crippen molar-refractivity contribution in [1.29, 1.82) is 0 Å². The van der Waals surface area contributed by atoms with Crippen molar-refractivity contribution in [2.24, 2.45) is 7.05 Å². The summed E-state index contributed by atoms with van der Waals surface area (Å²) in [5.74, 6) is 0.572. The summed E-state index contributed by atoms with van der Waals surface area (Å²) in [6.45, 7) is 4.00. The Kier molecular flexibility index (Phi) is 3.51. The molecule has 3 heteroatoms. The predicted molar refractivity (Wildman–Crippen MR) is 39.0 cm³/mol. The van der Waals surface area contributed by atoms with Crippen LogP contribution >= 0.6 is 0 Å². The first-order valence-electron chi connectivity index (χ1n) is 3.02. The molecule has 52 valence electrons. The van der Waals surface area contributed by atoms with Gasteiger partial charge in [-0.3, -0.25) is 0 Å². The molecule has 9 heavy (non-hydrogen) atoms. The molecule has 0 aliphatic heterocycles. The Morgan fingerprint density at radius 3 is 2.22 bits per heavy atom. The van der Waals surface area contributed by atoms with Crippen LogP contribution in [0.3, 0.4) is 0 Å². The molecule has 0 aromatic carbocycles. The Labute approximate surface area is 55.5 Å². The highest BCUT2D eigenvalue weighted by Crippen LogP contribution is 1.90. The van der Waals surface area contributed by atoms with Crippen LogP contribution in [0.1, 0.15) is 13.8 Å². The van der Waals surface area contributed by atoms with Gasteiger partial charge in [-0.1, -0.05) is 13.8 Å². The topological polar surface area (TPSA) is 43.8 Å². The lowest BCUT2D eigenvalue weighted by Gasteiger charge is -1.78. The number of hydrogen-bond acceptors (Lipinski definition) is 2. The first-order valence-corrected chi connectivity index (χ1v) is 3.02. The fourth-order valence-corrected chi connectivity index (χ4v) is 0.433. The fraction of sp³-hybridized carbons (Fsp3) is 0.500. The van der Waals surface area contributed by atoms with E-state index >= 15 is 0 Å². The lowest BCUT2D eigenvalue weighted by molar-refractivity contribution is 0.913. The van der Waals surface area contributed by atoms with Gasteiger partial charge in [0.05, 0.1) is 6.33 Å². The zero-order chi connectivity index (χ0) is 7.28. The molecule has 0 bridgehead atoms. The Hall–Kier alpha value is -0.990. The molecule has 0 aliphatic rings. The molecule has 2 N–H and O–H groups in total. The van der Waals surface area contributed by atoms with Gasteiger partial charge in [-0.25, -0.2) is 4.98 Å². The van der Waals surface area contributed by atoms with Crippen LogP contribution in [0.25, 0.3) is 0 Å². The van der Waals surface area contributed by atoms with E-state index in [0.29, 0.717) is 5.82 Å². The van der Waals surface area contributed by atoms with E-state index in [0.717, 1.165) is 0 Å². The highest BCUT2D eigenvalue weighted by molar-refractivity contribution is 5.21. The number of aryl methyl sites for hydroxylation is 1. The minimum Gasteiger partial charge on any atom is -0.382 e. The third-order valence-corrected chi connectivity index (χ3v) is 0.725.